The monoisotopic (exact) mass is 169 g/mol. The Balaban J connectivity index is 0.000000561. The molecule has 2 unspecified atom stereocenters. The molecule has 1 saturated heterocycles. The van der Waals surface area contributed by atoms with E-state index in [1.165, 1.54) is 18.4 Å². The largest absolute Gasteiger partial charge is 0.314 e. The summed E-state index contributed by atoms with van der Waals surface area (Å²) in [6.45, 7) is 13.5. The first kappa shape index (κ1) is 11.7. The highest BCUT2D eigenvalue weighted by Gasteiger charge is 2.16. The summed E-state index contributed by atoms with van der Waals surface area (Å²) in [5.74, 6) is 0.733. The third-order valence-corrected chi connectivity index (χ3v) is 2.36. The molecule has 0 spiro atoms. The number of piperidine rings is 1. The highest BCUT2D eigenvalue weighted by Crippen LogP contribution is 2.19. The van der Waals surface area contributed by atoms with Crippen molar-refractivity contribution in [1.82, 2.24) is 5.32 Å². The van der Waals surface area contributed by atoms with Gasteiger partial charge in [-0.2, -0.15) is 0 Å². The van der Waals surface area contributed by atoms with Gasteiger partial charge in [0.15, 0.2) is 0 Å². The van der Waals surface area contributed by atoms with Gasteiger partial charge in [0.1, 0.15) is 0 Å². The highest BCUT2D eigenvalue weighted by atomic mass is 14.9. The van der Waals surface area contributed by atoms with Crippen LogP contribution < -0.4 is 5.32 Å². The molecule has 2 atom stereocenters. The van der Waals surface area contributed by atoms with Crippen LogP contribution in [0.1, 0.15) is 40.5 Å². The zero-order valence-electron chi connectivity index (χ0n) is 8.98. The minimum absolute atomic E-state index is 0.718. The fraction of sp³-hybridized carbons (Fsp3) is 0.818. The quantitative estimate of drug-likeness (QED) is 0.595. The molecule has 0 bridgehead atoms. The van der Waals surface area contributed by atoms with Crippen molar-refractivity contribution >= 4 is 0 Å². The van der Waals surface area contributed by atoms with E-state index >= 15 is 0 Å². The van der Waals surface area contributed by atoms with Gasteiger partial charge in [-0.1, -0.05) is 26.0 Å². The van der Waals surface area contributed by atoms with Crippen LogP contribution in [0.25, 0.3) is 0 Å². The lowest BCUT2D eigenvalue weighted by Crippen LogP contribution is -2.37. The van der Waals surface area contributed by atoms with Crippen molar-refractivity contribution in [3.63, 3.8) is 0 Å². The molecular weight excluding hydrogens is 146 g/mol. The van der Waals surface area contributed by atoms with Gasteiger partial charge in [0.05, 0.1) is 0 Å². The maximum atomic E-state index is 3.96. The SMILES string of the molecule is C=C(C)C1CCC(C)NC1.CC. The van der Waals surface area contributed by atoms with Crippen LogP contribution in [0.3, 0.4) is 0 Å². The smallest absolute Gasteiger partial charge is 0.00391 e. The van der Waals surface area contributed by atoms with Gasteiger partial charge in [-0.25, -0.2) is 0 Å². The Kier molecular flexibility index (Phi) is 6.09. The molecule has 72 valence electrons. The summed E-state index contributed by atoms with van der Waals surface area (Å²) >= 11 is 0. The van der Waals surface area contributed by atoms with E-state index in [0.29, 0.717) is 0 Å². The van der Waals surface area contributed by atoms with E-state index in [1.807, 2.05) is 13.8 Å². The zero-order chi connectivity index (χ0) is 9.56. The molecule has 0 radical (unpaired) electrons. The van der Waals surface area contributed by atoms with Gasteiger partial charge in [-0.05, 0) is 32.6 Å². The Bertz CT molecular complexity index is 121. The third kappa shape index (κ3) is 3.91. The molecular formula is C11H23N. The summed E-state index contributed by atoms with van der Waals surface area (Å²) in [7, 11) is 0. The molecule has 0 aromatic heterocycles. The van der Waals surface area contributed by atoms with Gasteiger partial charge in [-0.15, -0.1) is 0 Å². The van der Waals surface area contributed by atoms with E-state index in [1.54, 1.807) is 0 Å². The van der Waals surface area contributed by atoms with E-state index in [0.717, 1.165) is 18.5 Å². The molecule has 1 heterocycles. The molecule has 1 aliphatic heterocycles. The summed E-state index contributed by atoms with van der Waals surface area (Å²) < 4.78 is 0. The van der Waals surface area contributed by atoms with E-state index in [-0.39, 0.29) is 0 Å². The van der Waals surface area contributed by atoms with Crippen LogP contribution in [-0.4, -0.2) is 12.6 Å². The Morgan fingerprint density at radius 2 is 1.92 bits per heavy atom. The first-order valence-electron chi connectivity index (χ1n) is 5.09. The zero-order valence-corrected chi connectivity index (χ0v) is 8.98. The molecule has 0 aliphatic carbocycles. The first-order valence-corrected chi connectivity index (χ1v) is 5.09. The summed E-state index contributed by atoms with van der Waals surface area (Å²) in [4.78, 5) is 0. The van der Waals surface area contributed by atoms with Gasteiger partial charge in [0.25, 0.3) is 0 Å². The van der Waals surface area contributed by atoms with Gasteiger partial charge in [0, 0.05) is 12.6 Å². The minimum Gasteiger partial charge on any atom is -0.314 e. The lowest BCUT2D eigenvalue weighted by Gasteiger charge is -2.27. The Morgan fingerprint density at radius 1 is 1.33 bits per heavy atom. The van der Waals surface area contributed by atoms with Crippen molar-refractivity contribution in [1.29, 1.82) is 0 Å². The summed E-state index contributed by atoms with van der Waals surface area (Å²) in [5, 5.41) is 3.45. The third-order valence-electron chi connectivity index (χ3n) is 2.36. The number of hydrogen-bond donors (Lipinski definition) is 1. The van der Waals surface area contributed by atoms with E-state index in [2.05, 4.69) is 25.7 Å². The van der Waals surface area contributed by atoms with Crippen molar-refractivity contribution in [2.45, 2.75) is 46.6 Å². The number of nitrogens with one attached hydrogen (secondary N) is 1. The van der Waals surface area contributed by atoms with Crippen molar-refractivity contribution in [2.75, 3.05) is 6.54 Å². The first-order chi connectivity index (χ1) is 5.70. The van der Waals surface area contributed by atoms with Crippen LogP contribution in [-0.2, 0) is 0 Å². The summed E-state index contributed by atoms with van der Waals surface area (Å²) in [6.07, 6.45) is 2.63. The Labute approximate surface area is 77.2 Å². The molecule has 12 heavy (non-hydrogen) atoms. The fourth-order valence-corrected chi connectivity index (χ4v) is 1.42. The predicted molar refractivity (Wildman–Crippen MR) is 56.4 cm³/mol. The van der Waals surface area contributed by atoms with Crippen LogP contribution >= 0.6 is 0 Å². The normalized spacial score (nSPS) is 28.7. The lowest BCUT2D eigenvalue weighted by molar-refractivity contribution is 0.356. The minimum atomic E-state index is 0.718. The molecule has 1 fully saturated rings. The number of rotatable bonds is 1. The fourth-order valence-electron chi connectivity index (χ4n) is 1.42. The van der Waals surface area contributed by atoms with E-state index in [4.69, 9.17) is 0 Å². The van der Waals surface area contributed by atoms with Crippen molar-refractivity contribution in [2.24, 2.45) is 5.92 Å². The van der Waals surface area contributed by atoms with Gasteiger partial charge in [-0.3, -0.25) is 0 Å². The van der Waals surface area contributed by atoms with Crippen LogP contribution in [0.15, 0.2) is 12.2 Å². The van der Waals surface area contributed by atoms with Gasteiger partial charge >= 0.3 is 0 Å². The van der Waals surface area contributed by atoms with E-state index < -0.39 is 0 Å². The molecule has 1 rings (SSSR count). The summed E-state index contributed by atoms with van der Waals surface area (Å²) in [6, 6.07) is 0.718. The van der Waals surface area contributed by atoms with Crippen LogP contribution in [0.4, 0.5) is 0 Å². The molecule has 0 amide bonds. The van der Waals surface area contributed by atoms with Gasteiger partial charge in [0.2, 0.25) is 0 Å². The molecule has 0 aromatic carbocycles. The molecule has 0 aromatic rings. The van der Waals surface area contributed by atoms with Crippen molar-refractivity contribution in [3.05, 3.63) is 12.2 Å². The van der Waals surface area contributed by atoms with Crippen LogP contribution in [0, 0.1) is 5.92 Å². The predicted octanol–water partition coefficient (Wildman–Crippen LogP) is 2.98. The summed E-state index contributed by atoms with van der Waals surface area (Å²) in [5.41, 5.74) is 1.33. The Hall–Kier alpha value is -0.300. The molecule has 1 nitrogen and oxygen atoms in total. The highest BCUT2D eigenvalue weighted by molar-refractivity contribution is 4.99. The standard InChI is InChI=1S/C9H17N.C2H6/c1-7(2)9-5-4-8(3)10-6-9;1-2/h8-10H,1,4-6H2,2-3H3;1-2H3. The average molecular weight is 169 g/mol. The topological polar surface area (TPSA) is 12.0 Å². The van der Waals surface area contributed by atoms with Crippen molar-refractivity contribution < 1.29 is 0 Å². The molecule has 1 N–H and O–H groups in total. The maximum absolute atomic E-state index is 3.96. The van der Waals surface area contributed by atoms with Crippen LogP contribution in [0.2, 0.25) is 0 Å². The lowest BCUT2D eigenvalue weighted by atomic mass is 9.91. The second-order valence-corrected chi connectivity index (χ2v) is 3.43. The Morgan fingerprint density at radius 3 is 2.25 bits per heavy atom. The van der Waals surface area contributed by atoms with E-state index in [9.17, 15) is 0 Å². The average Bonchev–Trinajstić information content (AvgIpc) is 2.09. The van der Waals surface area contributed by atoms with Crippen molar-refractivity contribution in [3.8, 4) is 0 Å². The van der Waals surface area contributed by atoms with Crippen LogP contribution in [0.5, 0.6) is 0 Å². The van der Waals surface area contributed by atoms with Gasteiger partial charge < -0.3 is 5.32 Å². The maximum Gasteiger partial charge on any atom is 0.00391 e. The molecule has 1 aliphatic rings. The second kappa shape index (κ2) is 6.24. The second-order valence-electron chi connectivity index (χ2n) is 3.43. The molecule has 0 saturated carbocycles. The molecule has 1 heteroatoms. The number of hydrogen-bond acceptors (Lipinski definition) is 1.